The van der Waals surface area contributed by atoms with E-state index >= 15 is 0 Å². The molecule has 0 saturated heterocycles. The lowest BCUT2D eigenvalue weighted by atomic mass is 10.1. The number of carboxylic acids is 1. The molecule has 1 heterocycles. The molecule has 0 fully saturated rings. The first-order chi connectivity index (χ1) is 10.0. The molecule has 21 heavy (non-hydrogen) atoms. The lowest BCUT2D eigenvalue weighted by Gasteiger charge is -2.19. The van der Waals surface area contributed by atoms with Gasteiger partial charge in [-0.2, -0.15) is 0 Å². The van der Waals surface area contributed by atoms with Crippen molar-refractivity contribution in [2.24, 2.45) is 5.92 Å². The summed E-state index contributed by atoms with van der Waals surface area (Å²) in [6.07, 6.45) is 0. The molecule has 2 rings (SSSR count). The maximum atomic E-state index is 12.5. The average molecular weight is 303 g/mol. The summed E-state index contributed by atoms with van der Waals surface area (Å²) in [5.41, 5.74) is 1.88. The van der Waals surface area contributed by atoms with Gasteiger partial charge in [0.15, 0.2) is 0 Å². The summed E-state index contributed by atoms with van der Waals surface area (Å²) in [5, 5.41) is 10.8. The van der Waals surface area contributed by atoms with E-state index < -0.39 is 11.9 Å². The van der Waals surface area contributed by atoms with Crippen molar-refractivity contribution >= 4 is 23.2 Å². The van der Waals surface area contributed by atoms with Crippen LogP contribution >= 0.6 is 11.3 Å². The number of carbonyl (C=O) groups is 2. The van der Waals surface area contributed by atoms with Gasteiger partial charge in [-0.25, -0.2) is 0 Å². The fourth-order valence-corrected chi connectivity index (χ4v) is 2.97. The zero-order valence-corrected chi connectivity index (χ0v) is 12.8. The van der Waals surface area contributed by atoms with Gasteiger partial charge in [-0.1, -0.05) is 37.3 Å². The molecular weight excluding hydrogens is 286 g/mol. The lowest BCUT2D eigenvalue weighted by molar-refractivity contribution is -0.141. The van der Waals surface area contributed by atoms with Gasteiger partial charge in [0, 0.05) is 19.2 Å². The Morgan fingerprint density at radius 3 is 2.52 bits per heavy atom. The third kappa shape index (κ3) is 3.49. The van der Waals surface area contributed by atoms with Crippen LogP contribution in [-0.2, 0) is 4.79 Å². The molecule has 1 N–H and O–H groups in total. The van der Waals surface area contributed by atoms with Crippen LogP contribution in [0.25, 0.3) is 11.1 Å². The number of aliphatic carboxylic acids is 1. The van der Waals surface area contributed by atoms with Gasteiger partial charge in [-0.05, 0) is 17.0 Å². The molecule has 0 aliphatic carbocycles. The van der Waals surface area contributed by atoms with Crippen molar-refractivity contribution in [3.05, 3.63) is 46.7 Å². The second-order valence-electron chi connectivity index (χ2n) is 4.95. The van der Waals surface area contributed by atoms with Crippen LogP contribution in [-0.4, -0.2) is 35.5 Å². The van der Waals surface area contributed by atoms with Gasteiger partial charge in [-0.15, -0.1) is 11.3 Å². The number of hydrogen-bond donors (Lipinski definition) is 1. The SMILES string of the molecule is CC(CN(C)C(=O)c1sccc1-c1ccccc1)C(=O)O. The number of hydrogen-bond acceptors (Lipinski definition) is 3. The van der Waals surface area contributed by atoms with Gasteiger partial charge < -0.3 is 10.0 Å². The van der Waals surface area contributed by atoms with Crippen LogP contribution in [0, 0.1) is 5.92 Å². The zero-order valence-electron chi connectivity index (χ0n) is 11.9. The zero-order chi connectivity index (χ0) is 15.4. The highest BCUT2D eigenvalue weighted by molar-refractivity contribution is 7.12. The topological polar surface area (TPSA) is 57.6 Å². The molecule has 1 atom stereocenters. The molecule has 1 unspecified atom stereocenters. The third-order valence-corrected chi connectivity index (χ3v) is 4.16. The van der Waals surface area contributed by atoms with Crippen molar-refractivity contribution < 1.29 is 14.7 Å². The van der Waals surface area contributed by atoms with Gasteiger partial charge >= 0.3 is 5.97 Å². The molecule has 4 nitrogen and oxygen atoms in total. The highest BCUT2D eigenvalue weighted by Crippen LogP contribution is 2.29. The molecular formula is C16H17NO3S. The number of thiophene rings is 1. The molecule has 110 valence electrons. The minimum absolute atomic E-state index is 0.142. The van der Waals surface area contributed by atoms with Crippen LogP contribution in [0.5, 0.6) is 0 Å². The second-order valence-corrected chi connectivity index (χ2v) is 5.87. The van der Waals surface area contributed by atoms with E-state index in [1.54, 1.807) is 14.0 Å². The largest absolute Gasteiger partial charge is 0.481 e. The van der Waals surface area contributed by atoms with Crippen LogP contribution in [0.3, 0.4) is 0 Å². The fourth-order valence-electron chi connectivity index (χ4n) is 2.07. The molecule has 0 bridgehead atoms. The van der Waals surface area contributed by atoms with E-state index in [0.717, 1.165) is 11.1 Å². The van der Waals surface area contributed by atoms with Crippen molar-refractivity contribution in [3.63, 3.8) is 0 Å². The van der Waals surface area contributed by atoms with Gasteiger partial charge in [-0.3, -0.25) is 9.59 Å². The fraction of sp³-hybridized carbons (Fsp3) is 0.250. The summed E-state index contributed by atoms with van der Waals surface area (Å²) < 4.78 is 0. The number of nitrogens with zero attached hydrogens (tertiary/aromatic N) is 1. The minimum Gasteiger partial charge on any atom is -0.481 e. The Hall–Kier alpha value is -2.14. The molecule has 5 heteroatoms. The Bertz CT molecular complexity index is 636. The van der Waals surface area contributed by atoms with E-state index in [9.17, 15) is 9.59 Å². The Balaban J connectivity index is 2.21. The van der Waals surface area contributed by atoms with Crippen LogP contribution in [0.1, 0.15) is 16.6 Å². The quantitative estimate of drug-likeness (QED) is 0.922. The Kier molecular flexibility index (Phi) is 4.75. The molecule has 1 aromatic carbocycles. The summed E-state index contributed by atoms with van der Waals surface area (Å²) in [6, 6.07) is 11.6. The number of benzene rings is 1. The average Bonchev–Trinajstić information content (AvgIpc) is 2.96. The third-order valence-electron chi connectivity index (χ3n) is 3.26. The molecule has 1 amide bonds. The van der Waals surface area contributed by atoms with Crippen molar-refractivity contribution in [2.75, 3.05) is 13.6 Å². The number of carbonyl (C=O) groups excluding carboxylic acids is 1. The van der Waals surface area contributed by atoms with Crippen molar-refractivity contribution in [1.82, 2.24) is 4.90 Å². The highest BCUT2D eigenvalue weighted by atomic mass is 32.1. The van der Waals surface area contributed by atoms with E-state index in [-0.39, 0.29) is 12.5 Å². The van der Waals surface area contributed by atoms with Gasteiger partial charge in [0.05, 0.1) is 10.8 Å². The van der Waals surface area contributed by atoms with Crippen molar-refractivity contribution in [1.29, 1.82) is 0 Å². The van der Waals surface area contributed by atoms with Crippen molar-refractivity contribution in [3.8, 4) is 11.1 Å². The molecule has 1 aromatic heterocycles. The number of amides is 1. The Morgan fingerprint density at radius 1 is 1.24 bits per heavy atom. The van der Waals surface area contributed by atoms with Crippen LogP contribution in [0.2, 0.25) is 0 Å². The first kappa shape index (κ1) is 15.3. The summed E-state index contributed by atoms with van der Waals surface area (Å²) in [4.78, 5) is 25.5. The number of rotatable bonds is 5. The molecule has 0 aliphatic rings. The van der Waals surface area contributed by atoms with Crippen molar-refractivity contribution in [2.45, 2.75) is 6.92 Å². The minimum atomic E-state index is -0.899. The first-order valence-corrected chi connectivity index (χ1v) is 7.50. The first-order valence-electron chi connectivity index (χ1n) is 6.62. The van der Waals surface area contributed by atoms with E-state index in [0.29, 0.717) is 4.88 Å². The molecule has 0 aliphatic heterocycles. The predicted molar refractivity (Wildman–Crippen MR) is 83.5 cm³/mol. The maximum Gasteiger partial charge on any atom is 0.308 e. The van der Waals surface area contributed by atoms with Gasteiger partial charge in [0.2, 0.25) is 0 Å². The van der Waals surface area contributed by atoms with Gasteiger partial charge in [0.25, 0.3) is 5.91 Å². The summed E-state index contributed by atoms with van der Waals surface area (Å²) >= 11 is 1.38. The maximum absolute atomic E-state index is 12.5. The molecule has 0 spiro atoms. The molecule has 0 saturated carbocycles. The normalized spacial score (nSPS) is 11.9. The molecule has 0 radical (unpaired) electrons. The Morgan fingerprint density at radius 2 is 1.90 bits per heavy atom. The predicted octanol–water partition coefficient (Wildman–Crippen LogP) is 3.21. The second kappa shape index (κ2) is 6.54. The van der Waals surface area contributed by atoms with E-state index in [2.05, 4.69) is 0 Å². The van der Waals surface area contributed by atoms with Crippen LogP contribution < -0.4 is 0 Å². The standard InChI is InChI=1S/C16H17NO3S/c1-11(16(19)20)10-17(2)15(18)14-13(8-9-21-14)12-6-4-3-5-7-12/h3-9,11H,10H2,1-2H3,(H,19,20). The number of carboxylic acid groups (broad SMARTS) is 1. The molecule has 2 aromatic rings. The van der Waals surface area contributed by atoms with E-state index in [1.807, 2.05) is 41.8 Å². The van der Waals surface area contributed by atoms with E-state index in [4.69, 9.17) is 5.11 Å². The smallest absolute Gasteiger partial charge is 0.308 e. The monoisotopic (exact) mass is 303 g/mol. The lowest BCUT2D eigenvalue weighted by Crippen LogP contribution is -2.33. The van der Waals surface area contributed by atoms with Crippen LogP contribution in [0.4, 0.5) is 0 Å². The van der Waals surface area contributed by atoms with Gasteiger partial charge in [0.1, 0.15) is 0 Å². The summed E-state index contributed by atoms with van der Waals surface area (Å²) in [7, 11) is 1.64. The van der Waals surface area contributed by atoms with Crippen LogP contribution in [0.15, 0.2) is 41.8 Å². The summed E-state index contributed by atoms with van der Waals surface area (Å²) in [6.45, 7) is 1.79. The highest BCUT2D eigenvalue weighted by Gasteiger charge is 2.21. The summed E-state index contributed by atoms with van der Waals surface area (Å²) in [5.74, 6) is -1.62. The Labute approximate surface area is 127 Å². The van der Waals surface area contributed by atoms with E-state index in [1.165, 1.54) is 16.2 Å².